The van der Waals surface area contributed by atoms with Gasteiger partial charge in [0.15, 0.2) is 23.0 Å². The predicted molar refractivity (Wildman–Crippen MR) is 276 cm³/mol. The van der Waals surface area contributed by atoms with Gasteiger partial charge in [0.25, 0.3) is 0 Å². The molecule has 1 aromatic heterocycles. The van der Waals surface area contributed by atoms with Crippen LogP contribution >= 0.6 is 21.6 Å². The molecule has 3 aliphatic rings. The summed E-state index contributed by atoms with van der Waals surface area (Å²) in [5.41, 5.74) is 5.93. The van der Waals surface area contributed by atoms with E-state index in [0.29, 0.717) is 55.2 Å². The molecule has 0 fully saturated rings. The molecule has 0 saturated heterocycles. The van der Waals surface area contributed by atoms with Crippen LogP contribution in [0.25, 0.3) is 10.8 Å². The normalized spacial score (nSPS) is 23.4. The number of hydrogen-bond acceptors (Lipinski definition) is 12. The molecule has 11 nitrogen and oxygen atoms in total. The Morgan fingerprint density at radius 2 is 1.80 bits per heavy atom. The number of nitrogens with one attached hydrogen (secondary N) is 3. The molecule has 7 unspecified atom stereocenters. The molecule has 362 valence electrons. The number of ether oxygens (including phenoxy) is 2. The largest absolute Gasteiger partial charge is 0.508 e. The lowest BCUT2D eigenvalue weighted by atomic mass is 9.66. The Labute approximate surface area is 412 Å². The zero-order chi connectivity index (χ0) is 48.5. The van der Waals surface area contributed by atoms with Crippen LogP contribution in [0.4, 0.5) is 0 Å². The topological polar surface area (TPSA) is 177 Å². The summed E-state index contributed by atoms with van der Waals surface area (Å²) in [5, 5.41) is 66.6. The molecule has 0 bridgehead atoms. The number of aromatic nitrogens is 1. The molecule has 0 saturated carbocycles. The number of H-pyrrole nitrogens is 1. The Balaban J connectivity index is 1.15. The van der Waals surface area contributed by atoms with Crippen LogP contribution in [0.2, 0.25) is 0 Å². The monoisotopic (exact) mass is 969 g/mol. The molecule has 69 heavy (non-hydrogen) atoms. The van der Waals surface area contributed by atoms with Gasteiger partial charge in [-0.1, -0.05) is 95.3 Å². The number of benzene rings is 5. The van der Waals surface area contributed by atoms with Gasteiger partial charge in [-0.2, -0.15) is 0 Å². The predicted octanol–water partition coefficient (Wildman–Crippen LogP) is 9.63. The van der Waals surface area contributed by atoms with E-state index in [2.05, 4.69) is 65.0 Å². The van der Waals surface area contributed by atoms with Crippen molar-refractivity contribution in [3.63, 3.8) is 0 Å². The van der Waals surface area contributed by atoms with Gasteiger partial charge in [-0.25, -0.2) is 0 Å². The van der Waals surface area contributed by atoms with E-state index in [1.807, 2.05) is 49.8 Å². The number of carbonyl (C=O) groups excluding carboxylic acids is 1. The molecule has 13 heteroatoms. The highest BCUT2D eigenvalue weighted by Gasteiger charge is 2.47. The number of rotatable bonds is 13. The van der Waals surface area contributed by atoms with E-state index >= 15 is 4.79 Å². The third-order valence-electron chi connectivity index (χ3n) is 14.6. The highest BCUT2D eigenvalue weighted by Crippen LogP contribution is 2.56. The first kappa shape index (κ1) is 48.6. The van der Waals surface area contributed by atoms with Gasteiger partial charge in [0, 0.05) is 65.9 Å². The second-order valence-electron chi connectivity index (χ2n) is 19.3. The number of carbonyl (C=O) groups is 1. The van der Waals surface area contributed by atoms with E-state index in [4.69, 9.17) is 9.47 Å². The van der Waals surface area contributed by atoms with E-state index in [1.165, 1.54) is 5.56 Å². The summed E-state index contributed by atoms with van der Waals surface area (Å²) in [7, 11) is 6.57. The zero-order valence-electron chi connectivity index (χ0n) is 39.6. The Morgan fingerprint density at radius 1 is 0.971 bits per heavy atom. The first-order valence-electron chi connectivity index (χ1n) is 23.9. The minimum Gasteiger partial charge on any atom is -0.508 e. The van der Waals surface area contributed by atoms with Crippen LogP contribution in [0.3, 0.4) is 0 Å². The summed E-state index contributed by atoms with van der Waals surface area (Å²) in [4.78, 5) is 19.1. The lowest BCUT2D eigenvalue weighted by Gasteiger charge is -2.38. The average molecular weight is 970 g/mol. The minimum atomic E-state index is -1.21. The van der Waals surface area contributed by atoms with E-state index in [1.54, 1.807) is 59.9 Å². The van der Waals surface area contributed by atoms with Crippen molar-refractivity contribution in [1.29, 1.82) is 0 Å². The van der Waals surface area contributed by atoms with Crippen LogP contribution < -0.4 is 20.1 Å². The standard InChI is InChI=1S/C56H63N3O8S2/c1-5-35-10-11-36-8-6-7-9-40(36)50(35)43-14-13-41(42-15-17-45(61)53(66-4)52(42)43)44(24-33-19-21-58-29-33)47(63)26-49(64)56(38-22-34(28-57-3)23-39(60)25-38)20-18-48-51-37(27-56)12-16-46(62)54(51)67-32-59-30-55(2,65)31-68-69-48/h6-17,19,21-23,25,29,41,43-44,47-48,57-63,65H,5,18,20,24,26-28,30-32H2,1-4H3. The summed E-state index contributed by atoms with van der Waals surface area (Å²) >= 11 is 0. The van der Waals surface area contributed by atoms with Crippen molar-refractivity contribution in [1.82, 2.24) is 15.6 Å². The van der Waals surface area contributed by atoms with Crippen LogP contribution in [0.15, 0.2) is 109 Å². The molecule has 5 aromatic carbocycles. The van der Waals surface area contributed by atoms with Crippen LogP contribution in [0, 0.1) is 5.92 Å². The van der Waals surface area contributed by atoms with Crippen molar-refractivity contribution in [2.24, 2.45) is 5.92 Å². The number of hydrogen-bond donors (Lipinski definition) is 8. The third kappa shape index (κ3) is 9.74. The van der Waals surface area contributed by atoms with Crippen LogP contribution in [0.5, 0.6) is 28.7 Å². The summed E-state index contributed by atoms with van der Waals surface area (Å²) in [6.45, 7) is 4.77. The van der Waals surface area contributed by atoms with Crippen molar-refractivity contribution in [3.05, 3.63) is 160 Å². The Hall–Kier alpha value is -5.41. The maximum absolute atomic E-state index is 16.0. The van der Waals surface area contributed by atoms with E-state index in [0.717, 1.165) is 56.1 Å². The Morgan fingerprint density at radius 3 is 2.58 bits per heavy atom. The number of ketones is 1. The summed E-state index contributed by atoms with van der Waals surface area (Å²) < 4.78 is 12.4. The molecular weight excluding hydrogens is 907 g/mol. The van der Waals surface area contributed by atoms with Crippen LogP contribution in [-0.2, 0) is 36.0 Å². The number of phenolic OH excluding ortho intramolecular Hbond substituents is 3. The molecule has 2 aliphatic carbocycles. The number of aliphatic hydroxyl groups excluding tert-OH is 1. The quantitative estimate of drug-likeness (QED) is 0.0407. The van der Waals surface area contributed by atoms with Gasteiger partial charge >= 0.3 is 0 Å². The van der Waals surface area contributed by atoms with Crippen molar-refractivity contribution < 1.29 is 39.8 Å². The number of aromatic hydroxyl groups is 3. The third-order valence-corrected chi connectivity index (χ3v) is 17.6. The number of aliphatic hydroxyl groups is 2. The van der Waals surface area contributed by atoms with Gasteiger partial charge in [0.05, 0.1) is 24.2 Å². The van der Waals surface area contributed by atoms with Crippen molar-refractivity contribution in [2.75, 3.05) is 33.2 Å². The number of β-amino-alcohol motifs (C(OH)–C–C–N with tert-alkyl or cyclic N) is 1. The fourth-order valence-corrected chi connectivity index (χ4v) is 14.4. The summed E-state index contributed by atoms with van der Waals surface area (Å²) in [5.74, 6) is -0.0914. The highest BCUT2D eigenvalue weighted by atomic mass is 33.1. The molecule has 1 aliphatic heterocycles. The number of allylic oxidation sites excluding steroid dienone is 2. The number of Topliss-reactive ketones (excluding diaryl/α,β-unsaturated/α-hetero) is 1. The lowest BCUT2D eigenvalue weighted by molar-refractivity contribution is -0.127. The SMILES string of the molecule is CCc1ccc2ccccc2c1C1C=CC(C(Cc2cc[nH]c2)C(O)CC(=O)C2(c3cc(O)cc(CNC)c3)CCC3SSCC(C)(O)CNCOc4c(O)ccc(c43)C2)c2ccc(O)c(OC)c21. The molecule has 0 spiro atoms. The maximum atomic E-state index is 16.0. The first-order chi connectivity index (χ1) is 33.3. The van der Waals surface area contributed by atoms with Gasteiger partial charge in [0.1, 0.15) is 18.3 Å². The van der Waals surface area contributed by atoms with Gasteiger partial charge in [-0.15, -0.1) is 0 Å². The van der Waals surface area contributed by atoms with E-state index in [9.17, 15) is 25.5 Å². The second-order valence-corrected chi connectivity index (χ2v) is 21.8. The molecule has 6 aromatic rings. The molecule has 2 heterocycles. The fourth-order valence-electron chi connectivity index (χ4n) is 11.2. The van der Waals surface area contributed by atoms with Crippen LogP contribution in [0.1, 0.15) is 100 Å². The minimum absolute atomic E-state index is 0.00737. The Bertz CT molecular complexity index is 2850. The van der Waals surface area contributed by atoms with Gasteiger partial charge in [0.2, 0.25) is 0 Å². The number of aromatic amines is 1. The number of methoxy groups -OCH3 is 1. The van der Waals surface area contributed by atoms with Gasteiger partial charge in [-0.05, 0) is 132 Å². The lowest BCUT2D eigenvalue weighted by Crippen LogP contribution is -2.42. The molecule has 0 amide bonds. The molecule has 7 atom stereocenters. The number of aryl methyl sites for hydroxylation is 1. The molecule has 8 N–H and O–H groups in total. The van der Waals surface area contributed by atoms with E-state index in [-0.39, 0.29) is 59.7 Å². The zero-order valence-corrected chi connectivity index (χ0v) is 41.3. The van der Waals surface area contributed by atoms with Gasteiger partial charge < -0.3 is 45.3 Å². The molecular formula is C56H63N3O8S2. The Kier molecular flexibility index (Phi) is 14.4. The van der Waals surface area contributed by atoms with E-state index < -0.39 is 23.0 Å². The summed E-state index contributed by atoms with van der Waals surface area (Å²) in [6.07, 6.45) is 9.18. The van der Waals surface area contributed by atoms with Gasteiger partial charge in [-0.3, -0.25) is 10.1 Å². The molecule has 0 radical (unpaired) electrons. The van der Waals surface area contributed by atoms with Crippen molar-refractivity contribution in [3.8, 4) is 28.7 Å². The van der Waals surface area contributed by atoms with Crippen molar-refractivity contribution in [2.45, 2.75) is 93.1 Å². The maximum Gasteiger partial charge on any atom is 0.167 e. The number of fused-ring (bicyclic) bond motifs is 2. The molecule has 9 rings (SSSR count). The van der Waals surface area contributed by atoms with Crippen molar-refractivity contribution >= 4 is 38.1 Å². The summed E-state index contributed by atoms with van der Waals surface area (Å²) in [6, 6.07) is 27.2. The highest BCUT2D eigenvalue weighted by molar-refractivity contribution is 8.76. The fraction of sp³-hybridized carbons (Fsp3) is 0.375. The van der Waals surface area contributed by atoms with Crippen LogP contribution in [-0.4, -0.2) is 81.2 Å². The smallest absolute Gasteiger partial charge is 0.167 e. The number of phenols is 3. The second kappa shape index (κ2) is 20.5. The average Bonchev–Trinajstić information content (AvgIpc) is 3.79. The first-order valence-corrected chi connectivity index (χ1v) is 26.3.